The first-order chi connectivity index (χ1) is 18.1. The summed E-state index contributed by atoms with van der Waals surface area (Å²) < 4.78 is 1.90. The first kappa shape index (κ1) is 22.5. The first-order valence-electron chi connectivity index (χ1n) is 12.0. The third-order valence-electron chi connectivity index (χ3n) is 6.11. The van der Waals surface area contributed by atoms with E-state index in [0.717, 1.165) is 51.7 Å². The second kappa shape index (κ2) is 9.26. The Morgan fingerprint density at radius 3 is 2.78 bits per heavy atom. The summed E-state index contributed by atoms with van der Waals surface area (Å²) in [6.07, 6.45) is 14.6. The van der Waals surface area contributed by atoms with E-state index in [4.69, 9.17) is 4.98 Å². The summed E-state index contributed by atoms with van der Waals surface area (Å²) in [6, 6.07) is 3.82. The molecule has 0 aliphatic rings. The molecule has 37 heavy (non-hydrogen) atoms. The number of amides is 1. The Hall–Kier alpha value is -4.93. The summed E-state index contributed by atoms with van der Waals surface area (Å²) in [5.41, 5.74) is 6.87. The molecule has 6 aromatic heterocycles. The van der Waals surface area contributed by atoms with Crippen LogP contribution in [-0.4, -0.2) is 50.6 Å². The van der Waals surface area contributed by atoms with Crippen LogP contribution < -0.4 is 5.32 Å². The molecule has 11 nitrogen and oxygen atoms in total. The Morgan fingerprint density at radius 1 is 1.05 bits per heavy atom. The lowest BCUT2D eigenvalue weighted by Crippen LogP contribution is -2.11. The number of fused-ring (bicyclic) bond motifs is 2. The van der Waals surface area contributed by atoms with Crippen LogP contribution in [0.5, 0.6) is 0 Å². The molecule has 6 heterocycles. The van der Waals surface area contributed by atoms with Gasteiger partial charge in [0.15, 0.2) is 5.82 Å². The van der Waals surface area contributed by atoms with Gasteiger partial charge in [-0.1, -0.05) is 13.3 Å². The van der Waals surface area contributed by atoms with Crippen molar-refractivity contribution in [1.29, 1.82) is 0 Å². The van der Waals surface area contributed by atoms with Gasteiger partial charge in [-0.15, -0.1) is 0 Å². The minimum atomic E-state index is -0.0223. The molecule has 0 bridgehead atoms. The molecule has 6 rings (SSSR count). The van der Waals surface area contributed by atoms with Crippen molar-refractivity contribution in [3.05, 3.63) is 61.3 Å². The highest BCUT2D eigenvalue weighted by molar-refractivity contribution is 5.96. The summed E-state index contributed by atoms with van der Waals surface area (Å²) in [6.45, 7) is 4.00. The number of nitrogens with one attached hydrogen (secondary N) is 3. The van der Waals surface area contributed by atoms with Crippen molar-refractivity contribution in [3.8, 4) is 28.5 Å². The number of nitrogens with zero attached hydrogens (tertiary/aromatic N) is 7. The van der Waals surface area contributed by atoms with Gasteiger partial charge in [0.1, 0.15) is 11.2 Å². The number of anilines is 1. The fourth-order valence-corrected chi connectivity index (χ4v) is 4.24. The second-order valence-corrected chi connectivity index (χ2v) is 8.86. The van der Waals surface area contributed by atoms with Crippen molar-refractivity contribution in [1.82, 2.24) is 44.7 Å². The Bertz CT molecular complexity index is 1750. The molecule has 184 valence electrons. The molecule has 1 amide bonds. The van der Waals surface area contributed by atoms with E-state index in [1.807, 2.05) is 29.8 Å². The fraction of sp³-hybridized carbons (Fsp3) is 0.192. The quantitative estimate of drug-likeness (QED) is 0.296. The summed E-state index contributed by atoms with van der Waals surface area (Å²) >= 11 is 0. The third kappa shape index (κ3) is 4.31. The first-order valence-corrected chi connectivity index (χ1v) is 12.0. The lowest BCUT2D eigenvalue weighted by atomic mass is 10.1. The average Bonchev–Trinajstić information content (AvgIpc) is 3.64. The van der Waals surface area contributed by atoms with Crippen molar-refractivity contribution < 1.29 is 4.79 Å². The summed E-state index contributed by atoms with van der Waals surface area (Å²) in [5, 5.41) is 11.3. The molecule has 6 aromatic rings. The number of aromatic nitrogens is 9. The van der Waals surface area contributed by atoms with E-state index >= 15 is 0 Å². The summed E-state index contributed by atoms with van der Waals surface area (Å²) in [7, 11) is 0. The monoisotopic (exact) mass is 492 g/mol. The number of H-pyrrole nitrogens is 2. The van der Waals surface area contributed by atoms with Gasteiger partial charge in [-0.2, -0.15) is 5.10 Å². The number of hydrogen-bond donors (Lipinski definition) is 3. The maximum absolute atomic E-state index is 12.2. The van der Waals surface area contributed by atoms with Gasteiger partial charge in [0.2, 0.25) is 5.91 Å². The van der Waals surface area contributed by atoms with Gasteiger partial charge in [-0.25, -0.2) is 9.97 Å². The largest absolute Gasteiger partial charge is 0.335 e. The minimum absolute atomic E-state index is 0.0223. The molecule has 0 atom stereocenters. The lowest BCUT2D eigenvalue weighted by Gasteiger charge is -2.07. The second-order valence-electron chi connectivity index (χ2n) is 8.86. The van der Waals surface area contributed by atoms with E-state index in [9.17, 15) is 4.79 Å². The van der Waals surface area contributed by atoms with Gasteiger partial charge < -0.3 is 14.9 Å². The molecule has 0 aromatic carbocycles. The number of imidazole rings is 2. The lowest BCUT2D eigenvalue weighted by molar-refractivity contribution is -0.116. The van der Waals surface area contributed by atoms with E-state index in [1.165, 1.54) is 0 Å². The molecule has 3 N–H and O–H groups in total. The molecular weight excluding hydrogens is 468 g/mol. The molecular formula is C26H24N10O. The molecule has 0 spiro atoms. The van der Waals surface area contributed by atoms with Crippen LogP contribution in [0.3, 0.4) is 0 Å². The van der Waals surface area contributed by atoms with Crippen molar-refractivity contribution in [2.75, 3.05) is 5.32 Å². The normalized spacial score (nSPS) is 11.4. The van der Waals surface area contributed by atoms with Gasteiger partial charge in [-0.3, -0.25) is 24.8 Å². The number of pyridine rings is 3. The molecule has 0 aliphatic heterocycles. The molecule has 0 unspecified atom stereocenters. The Kier molecular flexibility index (Phi) is 5.64. The zero-order valence-corrected chi connectivity index (χ0v) is 20.4. The number of aryl methyl sites for hydroxylation is 1. The molecule has 0 saturated heterocycles. The van der Waals surface area contributed by atoms with Crippen LogP contribution in [-0.2, 0) is 4.79 Å². The molecule has 11 heteroatoms. The summed E-state index contributed by atoms with van der Waals surface area (Å²) in [4.78, 5) is 37.9. The fourth-order valence-electron chi connectivity index (χ4n) is 4.24. The van der Waals surface area contributed by atoms with Crippen LogP contribution in [0.1, 0.15) is 31.9 Å². The highest BCUT2D eigenvalue weighted by Crippen LogP contribution is 2.30. The SMILES string of the molecule is CCCCC(=O)Nc1cncc(-c2cc3c(-c4nc5c(-n6cnc(C)c6)cncc5[nH]4)n[nH]c3cn2)c1. The Morgan fingerprint density at radius 2 is 1.95 bits per heavy atom. The average molecular weight is 493 g/mol. The smallest absolute Gasteiger partial charge is 0.224 e. The Labute approximate surface area is 211 Å². The maximum Gasteiger partial charge on any atom is 0.224 e. The van der Waals surface area contributed by atoms with Crippen LogP contribution >= 0.6 is 0 Å². The number of rotatable bonds is 7. The van der Waals surface area contributed by atoms with E-state index in [0.29, 0.717) is 29.3 Å². The number of hydrogen-bond acceptors (Lipinski definition) is 7. The number of aromatic amines is 2. The Balaban J connectivity index is 1.37. The van der Waals surface area contributed by atoms with E-state index in [-0.39, 0.29) is 5.91 Å². The van der Waals surface area contributed by atoms with Gasteiger partial charge in [0.25, 0.3) is 0 Å². The van der Waals surface area contributed by atoms with E-state index < -0.39 is 0 Å². The van der Waals surface area contributed by atoms with Gasteiger partial charge in [0, 0.05) is 29.8 Å². The maximum atomic E-state index is 12.2. The standard InChI is InChI=1S/C26H24N10O/c1-3-4-5-23(37)31-17-6-16(8-27-9-17)19-7-18-20(11-29-19)34-35-24(18)26-32-21-10-28-12-22(25(21)33-26)36-13-15(2)30-14-36/h6-14H,3-5H2,1-2H3,(H,31,37)(H,32,33)(H,34,35). The predicted molar refractivity (Wildman–Crippen MR) is 140 cm³/mol. The van der Waals surface area contributed by atoms with Gasteiger partial charge >= 0.3 is 0 Å². The molecule has 0 saturated carbocycles. The highest BCUT2D eigenvalue weighted by Gasteiger charge is 2.17. The number of unbranched alkanes of at least 4 members (excludes halogenated alkanes) is 1. The van der Waals surface area contributed by atoms with Crippen molar-refractivity contribution in [3.63, 3.8) is 0 Å². The van der Waals surface area contributed by atoms with Gasteiger partial charge in [-0.05, 0) is 25.5 Å². The van der Waals surface area contributed by atoms with Crippen molar-refractivity contribution in [2.24, 2.45) is 0 Å². The zero-order valence-electron chi connectivity index (χ0n) is 20.4. The van der Waals surface area contributed by atoms with E-state index in [1.54, 1.807) is 37.3 Å². The number of carbonyl (C=O) groups excluding carboxylic acids is 1. The molecule has 0 aliphatic carbocycles. The highest BCUT2D eigenvalue weighted by atomic mass is 16.1. The molecule has 0 fully saturated rings. The predicted octanol–water partition coefficient (Wildman–Crippen LogP) is 4.58. The number of carbonyl (C=O) groups is 1. The van der Waals surface area contributed by atoms with Crippen molar-refractivity contribution >= 4 is 33.5 Å². The van der Waals surface area contributed by atoms with Crippen LogP contribution in [0.4, 0.5) is 5.69 Å². The van der Waals surface area contributed by atoms with Gasteiger partial charge in [0.05, 0.1) is 64.9 Å². The van der Waals surface area contributed by atoms with Crippen LogP contribution in [0.25, 0.3) is 50.4 Å². The zero-order chi connectivity index (χ0) is 25.4. The van der Waals surface area contributed by atoms with Crippen LogP contribution in [0.2, 0.25) is 0 Å². The van der Waals surface area contributed by atoms with Crippen LogP contribution in [0.15, 0.2) is 55.6 Å². The van der Waals surface area contributed by atoms with E-state index in [2.05, 4.69) is 47.4 Å². The van der Waals surface area contributed by atoms with Crippen LogP contribution in [0, 0.1) is 6.92 Å². The van der Waals surface area contributed by atoms with Crippen molar-refractivity contribution in [2.45, 2.75) is 33.1 Å². The topological polar surface area (TPSA) is 143 Å². The molecule has 0 radical (unpaired) electrons. The third-order valence-corrected chi connectivity index (χ3v) is 6.11. The summed E-state index contributed by atoms with van der Waals surface area (Å²) in [5.74, 6) is 0.588. The minimum Gasteiger partial charge on any atom is -0.335 e.